The van der Waals surface area contributed by atoms with E-state index in [-0.39, 0.29) is 4.90 Å². The summed E-state index contributed by atoms with van der Waals surface area (Å²) in [7, 11) is -2.56. The minimum atomic E-state index is -3.70. The van der Waals surface area contributed by atoms with E-state index >= 15 is 0 Å². The van der Waals surface area contributed by atoms with Crippen LogP contribution in [0.5, 0.6) is 0 Å². The summed E-state index contributed by atoms with van der Waals surface area (Å²) >= 11 is 0. The Morgan fingerprint density at radius 2 is 1.61 bits per heavy atom. The highest BCUT2D eigenvalue weighted by Crippen LogP contribution is 2.34. The van der Waals surface area contributed by atoms with Crippen LogP contribution in [0.15, 0.2) is 64.0 Å². The fraction of sp³-hybridized carbons (Fsp3) is 0.118. The zero-order valence-corrected chi connectivity index (χ0v) is 13.5. The van der Waals surface area contributed by atoms with Crippen LogP contribution in [-0.2, 0) is 14.3 Å². The Hall–Kier alpha value is -2.44. The maximum absolute atomic E-state index is 11.7. The molecule has 0 amide bonds. The molecule has 0 radical (unpaired) electrons. The normalized spacial score (nSPS) is 11.6. The first kappa shape index (κ1) is 15.5. The molecule has 5 nitrogen and oxygen atoms in total. The quantitative estimate of drug-likeness (QED) is 0.683. The summed E-state index contributed by atoms with van der Waals surface area (Å²) in [6.45, 7) is 1.83. The standard InChI is InChI=1S/C17H15NO4S/c1-12-16(17(18-22-12)14-6-4-3-5-7-14)13-8-10-15(11-9-13)23(19,20)21-2/h3-11H,1-2H3. The summed E-state index contributed by atoms with van der Waals surface area (Å²) in [5.74, 6) is 0.672. The largest absolute Gasteiger partial charge is 0.360 e. The molecule has 1 heterocycles. The summed E-state index contributed by atoms with van der Waals surface area (Å²) in [4.78, 5) is 0.110. The first-order chi connectivity index (χ1) is 11.0. The van der Waals surface area contributed by atoms with Gasteiger partial charge in [0, 0.05) is 5.56 Å². The van der Waals surface area contributed by atoms with Crippen LogP contribution in [0, 0.1) is 6.92 Å². The van der Waals surface area contributed by atoms with Crippen LogP contribution >= 0.6 is 0 Å². The average molecular weight is 329 g/mol. The van der Waals surface area contributed by atoms with Crippen molar-refractivity contribution in [1.29, 1.82) is 0 Å². The van der Waals surface area contributed by atoms with Gasteiger partial charge in [0.1, 0.15) is 11.5 Å². The molecule has 0 spiro atoms. The molecule has 2 aromatic carbocycles. The van der Waals surface area contributed by atoms with E-state index in [0.717, 1.165) is 29.5 Å². The molecule has 0 saturated heterocycles. The number of hydrogen-bond donors (Lipinski definition) is 0. The van der Waals surface area contributed by atoms with Gasteiger partial charge in [0.2, 0.25) is 0 Å². The van der Waals surface area contributed by atoms with Crippen LogP contribution in [0.3, 0.4) is 0 Å². The second-order valence-electron chi connectivity index (χ2n) is 4.97. The minimum Gasteiger partial charge on any atom is -0.360 e. The second kappa shape index (κ2) is 5.98. The van der Waals surface area contributed by atoms with Gasteiger partial charge in [-0.05, 0) is 24.6 Å². The van der Waals surface area contributed by atoms with Gasteiger partial charge in [0.05, 0.1) is 17.6 Å². The van der Waals surface area contributed by atoms with E-state index in [0.29, 0.717) is 5.76 Å². The van der Waals surface area contributed by atoms with Crippen molar-refractivity contribution in [3.63, 3.8) is 0 Å². The zero-order valence-electron chi connectivity index (χ0n) is 12.7. The lowest BCUT2D eigenvalue weighted by Crippen LogP contribution is -2.02. The highest BCUT2D eigenvalue weighted by molar-refractivity contribution is 7.86. The monoisotopic (exact) mass is 329 g/mol. The highest BCUT2D eigenvalue weighted by Gasteiger charge is 2.18. The van der Waals surface area contributed by atoms with Crippen molar-refractivity contribution in [3.05, 3.63) is 60.4 Å². The van der Waals surface area contributed by atoms with Crippen molar-refractivity contribution < 1.29 is 17.1 Å². The Morgan fingerprint density at radius 3 is 2.22 bits per heavy atom. The van der Waals surface area contributed by atoms with Gasteiger partial charge in [-0.2, -0.15) is 8.42 Å². The second-order valence-corrected chi connectivity index (χ2v) is 6.69. The number of rotatable bonds is 4. The van der Waals surface area contributed by atoms with Crippen molar-refractivity contribution in [2.75, 3.05) is 7.11 Å². The molecule has 6 heteroatoms. The predicted molar refractivity (Wildman–Crippen MR) is 86.3 cm³/mol. The SMILES string of the molecule is COS(=O)(=O)c1ccc(-c2c(-c3ccccc3)noc2C)cc1. The predicted octanol–water partition coefficient (Wildman–Crippen LogP) is 3.65. The summed E-state index contributed by atoms with van der Waals surface area (Å²) in [6, 6.07) is 16.1. The molecule has 0 aliphatic heterocycles. The van der Waals surface area contributed by atoms with Crippen molar-refractivity contribution >= 4 is 10.1 Å². The lowest BCUT2D eigenvalue weighted by molar-refractivity contribution is 0.398. The summed E-state index contributed by atoms with van der Waals surface area (Å²) in [5.41, 5.74) is 3.34. The van der Waals surface area contributed by atoms with Crippen LogP contribution in [0.2, 0.25) is 0 Å². The van der Waals surface area contributed by atoms with E-state index in [2.05, 4.69) is 9.34 Å². The summed E-state index contributed by atoms with van der Waals surface area (Å²) in [5, 5.41) is 4.13. The van der Waals surface area contributed by atoms with E-state index in [1.54, 1.807) is 12.1 Å². The number of aromatic nitrogens is 1. The van der Waals surface area contributed by atoms with E-state index < -0.39 is 10.1 Å². The molecule has 0 atom stereocenters. The summed E-state index contributed by atoms with van der Waals surface area (Å²) in [6.07, 6.45) is 0. The van der Waals surface area contributed by atoms with Gasteiger partial charge < -0.3 is 4.52 Å². The van der Waals surface area contributed by atoms with Crippen LogP contribution < -0.4 is 0 Å². The van der Waals surface area contributed by atoms with Gasteiger partial charge in [0.15, 0.2) is 0 Å². The lowest BCUT2D eigenvalue weighted by atomic mass is 10.00. The molecule has 0 saturated carbocycles. The number of hydrogen-bond acceptors (Lipinski definition) is 5. The fourth-order valence-corrected chi connectivity index (χ4v) is 3.05. The third-order valence-corrected chi connectivity index (χ3v) is 4.85. The highest BCUT2D eigenvalue weighted by atomic mass is 32.2. The minimum absolute atomic E-state index is 0.110. The molecule has 3 rings (SSSR count). The molecule has 0 bridgehead atoms. The van der Waals surface area contributed by atoms with Gasteiger partial charge in [0.25, 0.3) is 10.1 Å². The number of nitrogens with zero attached hydrogens (tertiary/aromatic N) is 1. The van der Waals surface area contributed by atoms with Crippen LogP contribution in [0.25, 0.3) is 22.4 Å². The molecule has 0 aliphatic rings. The Balaban J connectivity index is 2.08. The van der Waals surface area contributed by atoms with E-state index in [1.165, 1.54) is 12.1 Å². The maximum atomic E-state index is 11.7. The molecule has 0 unspecified atom stereocenters. The first-order valence-electron chi connectivity index (χ1n) is 6.95. The molecule has 0 fully saturated rings. The van der Waals surface area contributed by atoms with Crippen molar-refractivity contribution in [2.45, 2.75) is 11.8 Å². The molecule has 3 aromatic rings. The average Bonchev–Trinajstić information content (AvgIpc) is 2.97. The summed E-state index contributed by atoms with van der Waals surface area (Å²) < 4.78 is 33.2. The van der Waals surface area contributed by atoms with Gasteiger partial charge in [-0.1, -0.05) is 47.6 Å². The maximum Gasteiger partial charge on any atom is 0.296 e. The van der Waals surface area contributed by atoms with E-state index in [9.17, 15) is 8.42 Å². The molecule has 118 valence electrons. The Morgan fingerprint density at radius 1 is 0.957 bits per heavy atom. The van der Waals surface area contributed by atoms with E-state index in [1.807, 2.05) is 37.3 Å². The van der Waals surface area contributed by atoms with Crippen molar-refractivity contribution in [2.24, 2.45) is 0 Å². The molecular formula is C17H15NO4S. The van der Waals surface area contributed by atoms with Crippen LogP contribution in [-0.4, -0.2) is 20.7 Å². The van der Waals surface area contributed by atoms with Crippen LogP contribution in [0.4, 0.5) is 0 Å². The third-order valence-electron chi connectivity index (χ3n) is 3.56. The van der Waals surface area contributed by atoms with E-state index in [4.69, 9.17) is 4.52 Å². The molecule has 0 aliphatic carbocycles. The Kier molecular flexibility index (Phi) is 4.02. The third kappa shape index (κ3) is 2.91. The molecule has 0 N–H and O–H groups in total. The number of benzene rings is 2. The molecule has 1 aromatic heterocycles. The topological polar surface area (TPSA) is 69.4 Å². The Bertz CT molecular complexity index is 913. The lowest BCUT2D eigenvalue weighted by Gasteiger charge is -2.05. The smallest absolute Gasteiger partial charge is 0.296 e. The van der Waals surface area contributed by atoms with Gasteiger partial charge in [-0.3, -0.25) is 4.18 Å². The first-order valence-corrected chi connectivity index (χ1v) is 8.36. The zero-order chi connectivity index (χ0) is 16.4. The van der Waals surface area contributed by atoms with Crippen molar-refractivity contribution in [1.82, 2.24) is 5.16 Å². The Labute approximate surface area is 134 Å². The van der Waals surface area contributed by atoms with Gasteiger partial charge >= 0.3 is 0 Å². The molecule has 23 heavy (non-hydrogen) atoms. The van der Waals surface area contributed by atoms with Crippen LogP contribution in [0.1, 0.15) is 5.76 Å². The molecular weight excluding hydrogens is 314 g/mol. The fourth-order valence-electron chi connectivity index (χ4n) is 2.39. The van der Waals surface area contributed by atoms with Crippen molar-refractivity contribution in [3.8, 4) is 22.4 Å². The van der Waals surface area contributed by atoms with Gasteiger partial charge in [-0.15, -0.1) is 0 Å². The number of aryl methyl sites for hydroxylation is 1. The van der Waals surface area contributed by atoms with Gasteiger partial charge in [-0.25, -0.2) is 0 Å².